The summed E-state index contributed by atoms with van der Waals surface area (Å²) >= 11 is 5.90. The first-order chi connectivity index (χ1) is 10.7. The van der Waals surface area contributed by atoms with Crippen molar-refractivity contribution in [1.82, 2.24) is 15.1 Å². The second-order valence-corrected chi connectivity index (χ2v) is 5.76. The number of rotatable bonds is 1. The van der Waals surface area contributed by atoms with Gasteiger partial charge in [0.05, 0.1) is 13.2 Å². The Morgan fingerprint density at radius 2 is 1.86 bits per heavy atom. The molecule has 118 valence electrons. The molecule has 2 aliphatic rings. The number of nitrogens with one attached hydrogen (secondary N) is 1. The molecule has 22 heavy (non-hydrogen) atoms. The number of morpholine rings is 1. The van der Waals surface area contributed by atoms with Crippen LogP contribution in [-0.2, 0) is 9.53 Å². The van der Waals surface area contributed by atoms with Gasteiger partial charge in [-0.05, 0) is 17.7 Å². The second-order valence-electron chi connectivity index (χ2n) is 5.32. The van der Waals surface area contributed by atoms with E-state index in [9.17, 15) is 9.59 Å². The van der Waals surface area contributed by atoms with Crippen LogP contribution in [0.1, 0.15) is 11.6 Å². The van der Waals surface area contributed by atoms with Crippen LogP contribution in [0.2, 0.25) is 5.02 Å². The summed E-state index contributed by atoms with van der Waals surface area (Å²) in [7, 11) is 0. The Morgan fingerprint density at radius 1 is 1.18 bits per heavy atom. The molecule has 3 rings (SSSR count). The van der Waals surface area contributed by atoms with E-state index in [0.717, 1.165) is 5.56 Å². The summed E-state index contributed by atoms with van der Waals surface area (Å²) in [4.78, 5) is 28.4. The Labute approximate surface area is 134 Å². The first-order valence-corrected chi connectivity index (χ1v) is 7.71. The summed E-state index contributed by atoms with van der Waals surface area (Å²) in [6, 6.07) is 6.32. The van der Waals surface area contributed by atoms with Gasteiger partial charge in [0.2, 0.25) is 5.91 Å². The van der Waals surface area contributed by atoms with Crippen LogP contribution in [0.25, 0.3) is 0 Å². The van der Waals surface area contributed by atoms with Crippen molar-refractivity contribution in [2.45, 2.75) is 6.04 Å². The number of hydrogen-bond acceptors (Lipinski definition) is 3. The van der Waals surface area contributed by atoms with Crippen molar-refractivity contribution in [1.29, 1.82) is 0 Å². The van der Waals surface area contributed by atoms with Gasteiger partial charge in [-0.1, -0.05) is 23.7 Å². The Balaban J connectivity index is 1.84. The van der Waals surface area contributed by atoms with Crippen LogP contribution in [0.3, 0.4) is 0 Å². The van der Waals surface area contributed by atoms with E-state index < -0.39 is 6.04 Å². The zero-order chi connectivity index (χ0) is 15.5. The molecule has 7 heteroatoms. The zero-order valence-corrected chi connectivity index (χ0v) is 12.9. The zero-order valence-electron chi connectivity index (χ0n) is 12.1. The Morgan fingerprint density at radius 3 is 2.55 bits per heavy atom. The molecule has 1 atom stereocenters. The fraction of sp³-hybridized carbons (Fsp3) is 0.467. The Kier molecular flexibility index (Phi) is 4.49. The van der Waals surface area contributed by atoms with Gasteiger partial charge in [-0.2, -0.15) is 0 Å². The van der Waals surface area contributed by atoms with Crippen molar-refractivity contribution in [3.05, 3.63) is 34.9 Å². The van der Waals surface area contributed by atoms with E-state index in [1.165, 1.54) is 0 Å². The summed E-state index contributed by atoms with van der Waals surface area (Å²) in [6.45, 7) is 3.16. The third kappa shape index (κ3) is 3.03. The standard InChI is InChI=1S/C15H18ClN3O3/c16-12-3-1-11(2-4-12)13-14(20)17-5-6-19(13)15(21)18-7-9-22-10-8-18/h1-4,13H,5-10H2,(H,17,20). The maximum Gasteiger partial charge on any atom is 0.321 e. The molecule has 3 amide bonds. The average molecular weight is 324 g/mol. The summed E-state index contributed by atoms with van der Waals surface area (Å²) in [5.41, 5.74) is 0.767. The lowest BCUT2D eigenvalue weighted by Crippen LogP contribution is -2.57. The van der Waals surface area contributed by atoms with Gasteiger partial charge in [-0.3, -0.25) is 4.79 Å². The van der Waals surface area contributed by atoms with Gasteiger partial charge in [0.1, 0.15) is 6.04 Å². The summed E-state index contributed by atoms with van der Waals surface area (Å²) in [5, 5.41) is 3.43. The van der Waals surface area contributed by atoms with E-state index in [1.807, 2.05) is 0 Å². The van der Waals surface area contributed by atoms with Crippen molar-refractivity contribution in [3.63, 3.8) is 0 Å². The van der Waals surface area contributed by atoms with Crippen molar-refractivity contribution >= 4 is 23.5 Å². The average Bonchev–Trinajstić information content (AvgIpc) is 2.56. The molecular weight excluding hydrogens is 306 g/mol. The molecule has 2 aliphatic heterocycles. The Hall–Kier alpha value is -1.79. The molecule has 2 saturated heterocycles. The number of nitrogens with zero attached hydrogens (tertiary/aromatic N) is 2. The minimum absolute atomic E-state index is 0.113. The highest BCUT2D eigenvalue weighted by atomic mass is 35.5. The molecule has 1 aromatic carbocycles. The largest absolute Gasteiger partial charge is 0.378 e. The number of urea groups is 1. The Bertz CT molecular complexity index is 558. The van der Waals surface area contributed by atoms with E-state index in [-0.39, 0.29) is 11.9 Å². The smallest absolute Gasteiger partial charge is 0.321 e. The van der Waals surface area contributed by atoms with Gasteiger partial charge in [-0.25, -0.2) is 4.79 Å². The number of amides is 3. The van der Waals surface area contributed by atoms with Crippen LogP contribution in [-0.4, -0.2) is 61.1 Å². The lowest BCUT2D eigenvalue weighted by atomic mass is 10.0. The molecule has 6 nitrogen and oxygen atoms in total. The summed E-state index contributed by atoms with van der Waals surface area (Å²) in [5.74, 6) is -0.157. The number of ether oxygens (including phenoxy) is 1. The highest BCUT2D eigenvalue weighted by Gasteiger charge is 2.36. The minimum atomic E-state index is -0.610. The SMILES string of the molecule is O=C1NCCN(C(=O)N2CCOCC2)C1c1ccc(Cl)cc1. The molecule has 0 radical (unpaired) electrons. The van der Waals surface area contributed by atoms with Crippen molar-refractivity contribution < 1.29 is 14.3 Å². The first kappa shape index (κ1) is 15.1. The lowest BCUT2D eigenvalue weighted by molar-refractivity contribution is -0.128. The molecule has 0 spiro atoms. The highest BCUT2D eigenvalue weighted by molar-refractivity contribution is 6.30. The first-order valence-electron chi connectivity index (χ1n) is 7.33. The van der Waals surface area contributed by atoms with E-state index in [1.54, 1.807) is 34.1 Å². The van der Waals surface area contributed by atoms with E-state index in [4.69, 9.17) is 16.3 Å². The van der Waals surface area contributed by atoms with Crippen LogP contribution in [0.5, 0.6) is 0 Å². The van der Waals surface area contributed by atoms with Gasteiger partial charge < -0.3 is 19.9 Å². The molecule has 0 aliphatic carbocycles. The van der Waals surface area contributed by atoms with E-state index in [2.05, 4.69) is 5.32 Å². The molecule has 1 aromatic rings. The van der Waals surface area contributed by atoms with Crippen molar-refractivity contribution in [3.8, 4) is 0 Å². The number of carbonyl (C=O) groups excluding carboxylic acids is 2. The van der Waals surface area contributed by atoms with Gasteiger partial charge in [0.15, 0.2) is 0 Å². The monoisotopic (exact) mass is 323 g/mol. The van der Waals surface area contributed by atoms with E-state index in [0.29, 0.717) is 44.4 Å². The molecule has 1 unspecified atom stereocenters. The second kappa shape index (κ2) is 6.54. The minimum Gasteiger partial charge on any atom is -0.378 e. The van der Waals surface area contributed by atoms with Crippen LogP contribution >= 0.6 is 11.6 Å². The normalized spacial score (nSPS) is 22.4. The maximum absolute atomic E-state index is 12.7. The molecule has 0 saturated carbocycles. The van der Waals surface area contributed by atoms with Crippen LogP contribution < -0.4 is 5.32 Å². The maximum atomic E-state index is 12.7. The third-order valence-electron chi connectivity index (χ3n) is 3.93. The topological polar surface area (TPSA) is 61.9 Å². The number of benzene rings is 1. The molecule has 2 fully saturated rings. The van der Waals surface area contributed by atoms with E-state index >= 15 is 0 Å². The number of halogens is 1. The van der Waals surface area contributed by atoms with Crippen molar-refractivity contribution in [2.75, 3.05) is 39.4 Å². The fourth-order valence-corrected chi connectivity index (χ4v) is 2.91. The number of piperazine rings is 1. The van der Waals surface area contributed by atoms with Gasteiger partial charge in [-0.15, -0.1) is 0 Å². The van der Waals surface area contributed by atoms with Crippen molar-refractivity contribution in [2.24, 2.45) is 0 Å². The molecule has 0 aromatic heterocycles. The number of carbonyl (C=O) groups is 2. The molecule has 1 N–H and O–H groups in total. The highest BCUT2D eigenvalue weighted by Crippen LogP contribution is 2.26. The summed E-state index contributed by atoms with van der Waals surface area (Å²) < 4.78 is 5.28. The van der Waals surface area contributed by atoms with Crippen LogP contribution in [0, 0.1) is 0 Å². The van der Waals surface area contributed by atoms with Gasteiger partial charge in [0.25, 0.3) is 0 Å². The summed E-state index contributed by atoms with van der Waals surface area (Å²) in [6.07, 6.45) is 0. The third-order valence-corrected chi connectivity index (χ3v) is 4.18. The van der Waals surface area contributed by atoms with Crippen LogP contribution in [0.4, 0.5) is 4.79 Å². The lowest BCUT2D eigenvalue weighted by Gasteiger charge is -2.39. The predicted molar refractivity (Wildman–Crippen MR) is 81.7 cm³/mol. The molecule has 0 bridgehead atoms. The quantitative estimate of drug-likeness (QED) is 0.846. The van der Waals surface area contributed by atoms with Gasteiger partial charge >= 0.3 is 6.03 Å². The van der Waals surface area contributed by atoms with Crippen LogP contribution in [0.15, 0.2) is 24.3 Å². The fourth-order valence-electron chi connectivity index (χ4n) is 2.79. The molecular formula is C15H18ClN3O3. The van der Waals surface area contributed by atoms with Gasteiger partial charge in [0, 0.05) is 31.2 Å². The number of hydrogen-bond donors (Lipinski definition) is 1. The molecule has 2 heterocycles. The predicted octanol–water partition coefficient (Wildman–Crippen LogP) is 1.27.